The van der Waals surface area contributed by atoms with Crippen LogP contribution in [0.5, 0.6) is 0 Å². The molecule has 1 aromatic carbocycles. The second-order valence-corrected chi connectivity index (χ2v) is 7.93. The highest BCUT2D eigenvalue weighted by atomic mass is 32.2. The van der Waals surface area contributed by atoms with Crippen molar-refractivity contribution in [3.05, 3.63) is 35.9 Å². The van der Waals surface area contributed by atoms with Gasteiger partial charge < -0.3 is 0 Å². The highest BCUT2D eigenvalue weighted by molar-refractivity contribution is 7.91. The van der Waals surface area contributed by atoms with Gasteiger partial charge in [0.05, 0.1) is 11.2 Å². The normalized spacial score (nSPS) is 22.9. The van der Waals surface area contributed by atoms with E-state index in [9.17, 15) is 18.0 Å². The Hall–Kier alpha value is -1.69. The van der Waals surface area contributed by atoms with E-state index in [0.717, 1.165) is 10.5 Å². The van der Waals surface area contributed by atoms with Crippen LogP contribution in [0.2, 0.25) is 0 Å². The summed E-state index contributed by atoms with van der Waals surface area (Å²) in [6.45, 7) is 3.23. The molecule has 1 saturated heterocycles. The maximum absolute atomic E-state index is 12.6. The van der Waals surface area contributed by atoms with Gasteiger partial charge in [-0.05, 0) is 12.5 Å². The van der Waals surface area contributed by atoms with Crippen molar-refractivity contribution < 1.29 is 18.0 Å². The second kappa shape index (κ2) is 5.60. The monoisotopic (exact) mass is 309 g/mol. The second-order valence-electron chi connectivity index (χ2n) is 5.46. The van der Waals surface area contributed by atoms with Crippen molar-refractivity contribution in [1.82, 2.24) is 4.90 Å². The molecule has 1 fully saturated rings. The van der Waals surface area contributed by atoms with Crippen LogP contribution in [0.1, 0.15) is 25.8 Å². The molecule has 1 aliphatic rings. The fourth-order valence-corrected chi connectivity index (χ4v) is 3.27. The van der Waals surface area contributed by atoms with Crippen LogP contribution in [-0.4, -0.2) is 43.2 Å². The third kappa shape index (κ3) is 3.00. The lowest BCUT2D eigenvalue weighted by atomic mass is 9.81. The van der Waals surface area contributed by atoms with E-state index in [1.54, 1.807) is 13.8 Å². The van der Waals surface area contributed by atoms with Crippen molar-refractivity contribution in [3.8, 4) is 0 Å². The number of sulfone groups is 1. The fourth-order valence-electron chi connectivity index (χ4n) is 2.52. The summed E-state index contributed by atoms with van der Waals surface area (Å²) in [4.78, 5) is 25.7. The molecule has 0 aliphatic carbocycles. The Bertz CT molecular complexity index is 654. The molecular formula is C15H19NO4S. The molecule has 1 aromatic rings. The zero-order valence-corrected chi connectivity index (χ0v) is 13.0. The van der Waals surface area contributed by atoms with Gasteiger partial charge >= 0.3 is 0 Å². The Labute approximate surface area is 124 Å². The third-order valence-corrected chi connectivity index (χ3v) is 5.68. The summed E-state index contributed by atoms with van der Waals surface area (Å²) in [7, 11) is -3.20. The van der Waals surface area contributed by atoms with E-state index in [-0.39, 0.29) is 36.3 Å². The first-order valence-electron chi connectivity index (χ1n) is 6.91. The summed E-state index contributed by atoms with van der Waals surface area (Å²) in [5.74, 6) is -0.784. The first kappa shape index (κ1) is 15.7. The molecule has 0 saturated carbocycles. The van der Waals surface area contributed by atoms with E-state index in [2.05, 4.69) is 0 Å². The predicted octanol–water partition coefficient (Wildman–Crippen LogP) is 1.14. The summed E-state index contributed by atoms with van der Waals surface area (Å²) in [6, 6.07) is 9.12. The first-order valence-corrected chi connectivity index (χ1v) is 8.73. The number of likely N-dealkylation sites (tertiary alicyclic amines) is 1. The smallest absolute Gasteiger partial charge is 0.240 e. The number of rotatable bonds is 5. The van der Waals surface area contributed by atoms with Gasteiger partial charge in [0.15, 0.2) is 9.84 Å². The molecule has 1 atom stereocenters. The van der Waals surface area contributed by atoms with Crippen molar-refractivity contribution in [3.63, 3.8) is 0 Å². The van der Waals surface area contributed by atoms with Crippen molar-refractivity contribution in [2.75, 3.05) is 18.1 Å². The van der Waals surface area contributed by atoms with Gasteiger partial charge in [-0.2, -0.15) is 0 Å². The van der Waals surface area contributed by atoms with Crippen LogP contribution in [0.4, 0.5) is 0 Å². The Kier molecular flexibility index (Phi) is 4.18. The molecule has 6 heteroatoms. The average molecular weight is 309 g/mol. The van der Waals surface area contributed by atoms with E-state index in [0.29, 0.717) is 0 Å². The van der Waals surface area contributed by atoms with Gasteiger partial charge in [0.25, 0.3) is 0 Å². The van der Waals surface area contributed by atoms with Crippen LogP contribution in [0.25, 0.3) is 0 Å². The number of carbonyl (C=O) groups is 2. The molecule has 1 heterocycles. The standard InChI is InChI=1S/C15H19NO4S/c1-3-21(19,20)10-9-16-13(17)11-15(2,14(16)18)12-7-5-4-6-8-12/h4-8H,3,9-11H2,1-2H3/t15-/m0/s1. The molecule has 21 heavy (non-hydrogen) atoms. The van der Waals surface area contributed by atoms with Crippen LogP contribution in [0.15, 0.2) is 30.3 Å². The Morgan fingerprint density at radius 1 is 1.19 bits per heavy atom. The van der Waals surface area contributed by atoms with Crippen molar-refractivity contribution in [1.29, 1.82) is 0 Å². The number of benzene rings is 1. The number of hydrogen-bond donors (Lipinski definition) is 0. The molecule has 1 aliphatic heterocycles. The lowest BCUT2D eigenvalue weighted by Gasteiger charge is -2.22. The van der Waals surface area contributed by atoms with Crippen molar-refractivity contribution in [2.24, 2.45) is 0 Å². The summed E-state index contributed by atoms with van der Waals surface area (Å²) in [6.07, 6.45) is 0.0853. The van der Waals surface area contributed by atoms with Crippen LogP contribution in [-0.2, 0) is 24.8 Å². The van der Waals surface area contributed by atoms with Crippen molar-refractivity contribution in [2.45, 2.75) is 25.7 Å². The molecule has 0 bridgehead atoms. The Morgan fingerprint density at radius 2 is 1.81 bits per heavy atom. The third-order valence-electron chi connectivity index (χ3n) is 4.00. The number of hydrogen-bond acceptors (Lipinski definition) is 4. The molecule has 0 aromatic heterocycles. The maximum atomic E-state index is 12.6. The highest BCUT2D eigenvalue weighted by Crippen LogP contribution is 2.36. The van der Waals surface area contributed by atoms with Gasteiger partial charge in [0, 0.05) is 18.7 Å². The van der Waals surface area contributed by atoms with E-state index < -0.39 is 15.3 Å². The summed E-state index contributed by atoms with van der Waals surface area (Å²) < 4.78 is 23.1. The fraction of sp³-hybridized carbons (Fsp3) is 0.467. The molecule has 0 N–H and O–H groups in total. The quantitative estimate of drug-likeness (QED) is 0.765. The minimum Gasteiger partial charge on any atom is -0.281 e. The zero-order valence-electron chi connectivity index (χ0n) is 12.2. The number of carbonyl (C=O) groups excluding carboxylic acids is 2. The van der Waals surface area contributed by atoms with Crippen molar-refractivity contribution >= 4 is 21.7 Å². The molecule has 114 valence electrons. The Morgan fingerprint density at radius 3 is 2.38 bits per heavy atom. The molecular weight excluding hydrogens is 290 g/mol. The van der Waals surface area contributed by atoms with Gasteiger partial charge in [0.1, 0.15) is 0 Å². The SMILES string of the molecule is CCS(=O)(=O)CCN1C(=O)C[C@@](C)(c2ccccc2)C1=O. The first-order chi connectivity index (χ1) is 9.80. The lowest BCUT2D eigenvalue weighted by molar-refractivity contribution is -0.139. The minimum atomic E-state index is -3.20. The number of nitrogens with zero attached hydrogens (tertiary/aromatic N) is 1. The largest absolute Gasteiger partial charge is 0.281 e. The van der Waals surface area contributed by atoms with Gasteiger partial charge in [0.2, 0.25) is 11.8 Å². The summed E-state index contributed by atoms with van der Waals surface area (Å²) >= 11 is 0. The predicted molar refractivity (Wildman–Crippen MR) is 79.5 cm³/mol. The van der Waals surface area contributed by atoms with Crippen LogP contribution in [0.3, 0.4) is 0 Å². The molecule has 0 unspecified atom stereocenters. The van der Waals surface area contributed by atoms with Gasteiger partial charge in [-0.25, -0.2) is 8.42 Å². The zero-order chi connectivity index (χ0) is 15.7. The molecule has 5 nitrogen and oxygen atoms in total. The number of imide groups is 1. The minimum absolute atomic E-state index is 0.0131. The maximum Gasteiger partial charge on any atom is 0.240 e. The van der Waals surface area contributed by atoms with Crippen LogP contribution < -0.4 is 0 Å². The van der Waals surface area contributed by atoms with Gasteiger partial charge in [-0.1, -0.05) is 37.3 Å². The molecule has 2 rings (SSSR count). The van der Waals surface area contributed by atoms with E-state index in [1.165, 1.54) is 0 Å². The van der Waals surface area contributed by atoms with Gasteiger partial charge in [-0.15, -0.1) is 0 Å². The average Bonchev–Trinajstić information content (AvgIpc) is 2.69. The van der Waals surface area contributed by atoms with E-state index >= 15 is 0 Å². The summed E-state index contributed by atoms with van der Waals surface area (Å²) in [5.41, 5.74) is -0.113. The molecule has 0 spiro atoms. The Balaban J connectivity index is 2.21. The van der Waals surface area contributed by atoms with E-state index in [4.69, 9.17) is 0 Å². The topological polar surface area (TPSA) is 71.5 Å². The number of amides is 2. The van der Waals surface area contributed by atoms with E-state index in [1.807, 2.05) is 30.3 Å². The van der Waals surface area contributed by atoms with Crippen LogP contribution >= 0.6 is 0 Å². The summed E-state index contributed by atoms with van der Waals surface area (Å²) in [5, 5.41) is 0. The highest BCUT2D eigenvalue weighted by Gasteiger charge is 2.49. The lowest BCUT2D eigenvalue weighted by Crippen LogP contribution is -2.39. The van der Waals surface area contributed by atoms with Crippen LogP contribution in [0, 0.1) is 0 Å². The molecule has 0 radical (unpaired) electrons. The molecule has 2 amide bonds. The van der Waals surface area contributed by atoms with Gasteiger partial charge in [-0.3, -0.25) is 14.5 Å².